The van der Waals surface area contributed by atoms with E-state index in [1.165, 1.54) is 0 Å². The van der Waals surface area contributed by atoms with Gasteiger partial charge in [0.1, 0.15) is 24.8 Å². The van der Waals surface area contributed by atoms with Crippen molar-refractivity contribution in [2.24, 2.45) is 0 Å². The highest BCUT2D eigenvalue weighted by Crippen LogP contribution is 2.34. The monoisotopic (exact) mass is 461 g/mol. The topological polar surface area (TPSA) is 68.7 Å². The molecule has 0 aliphatic heterocycles. The molecule has 0 bridgehead atoms. The number of rotatable bonds is 9. The first-order valence-electron chi connectivity index (χ1n) is 10.5. The van der Waals surface area contributed by atoms with E-state index in [2.05, 4.69) is 4.98 Å². The summed E-state index contributed by atoms with van der Waals surface area (Å²) in [5.41, 5.74) is 1.71. The molecule has 0 unspecified atom stereocenters. The first kappa shape index (κ1) is 22.9. The van der Waals surface area contributed by atoms with Crippen molar-refractivity contribution in [1.29, 1.82) is 0 Å². The van der Waals surface area contributed by atoms with Crippen LogP contribution in [-0.2, 0) is 24.4 Å². The Morgan fingerprint density at radius 3 is 2.00 bits per heavy atom. The van der Waals surface area contributed by atoms with E-state index in [-0.39, 0.29) is 41.7 Å². The van der Waals surface area contributed by atoms with Crippen molar-refractivity contribution in [2.45, 2.75) is 19.6 Å². The summed E-state index contributed by atoms with van der Waals surface area (Å²) in [6.07, 6.45) is -0.620. The second-order valence-corrected chi connectivity index (χ2v) is 7.54. The highest BCUT2D eigenvalue weighted by Gasteiger charge is 2.18. The molecule has 3 aromatic carbocycles. The van der Waals surface area contributed by atoms with Crippen LogP contribution in [0, 0.1) is 11.6 Å². The largest absolute Gasteiger partial charge is 0.481 e. The number of pyridine rings is 1. The third-order valence-electron chi connectivity index (χ3n) is 5.05. The minimum absolute atomic E-state index is 0.0682. The number of carboxylic acid groups (broad SMARTS) is 1. The van der Waals surface area contributed by atoms with Crippen LogP contribution >= 0.6 is 0 Å². The van der Waals surface area contributed by atoms with Gasteiger partial charge in [-0.1, -0.05) is 60.7 Å². The Bertz CT molecular complexity index is 1280. The number of aromatic nitrogens is 1. The van der Waals surface area contributed by atoms with Crippen molar-refractivity contribution < 1.29 is 28.2 Å². The predicted octanol–water partition coefficient (Wildman–Crippen LogP) is 5.81. The molecule has 0 radical (unpaired) electrons. The summed E-state index contributed by atoms with van der Waals surface area (Å²) in [4.78, 5) is 15.3. The molecule has 4 rings (SSSR count). The van der Waals surface area contributed by atoms with Crippen LogP contribution < -0.4 is 9.47 Å². The number of aliphatic carboxylic acids is 1. The Balaban J connectivity index is 1.66. The Morgan fingerprint density at radius 2 is 1.38 bits per heavy atom. The highest BCUT2D eigenvalue weighted by molar-refractivity contribution is 5.73. The van der Waals surface area contributed by atoms with Crippen LogP contribution in [0.15, 0.2) is 84.9 Å². The lowest BCUT2D eigenvalue weighted by Gasteiger charge is -2.14. The second-order valence-electron chi connectivity index (χ2n) is 7.54. The fourth-order valence-electron chi connectivity index (χ4n) is 3.37. The molecule has 4 aromatic rings. The normalized spacial score (nSPS) is 10.6. The van der Waals surface area contributed by atoms with Crippen molar-refractivity contribution in [3.63, 3.8) is 0 Å². The van der Waals surface area contributed by atoms with E-state index in [0.29, 0.717) is 0 Å². The van der Waals surface area contributed by atoms with Gasteiger partial charge in [0.25, 0.3) is 0 Å². The van der Waals surface area contributed by atoms with E-state index in [1.807, 2.05) is 60.7 Å². The van der Waals surface area contributed by atoms with Crippen LogP contribution in [0.2, 0.25) is 0 Å². The molecular weight excluding hydrogens is 440 g/mol. The number of carbonyl (C=O) groups is 1. The number of halogens is 2. The molecule has 0 fully saturated rings. The average molecular weight is 461 g/mol. The summed E-state index contributed by atoms with van der Waals surface area (Å²) >= 11 is 0. The van der Waals surface area contributed by atoms with Gasteiger partial charge in [-0.05, 0) is 29.3 Å². The molecule has 5 nitrogen and oxygen atoms in total. The molecule has 0 aliphatic carbocycles. The van der Waals surface area contributed by atoms with E-state index in [1.54, 1.807) is 12.1 Å². The maximum atomic E-state index is 14.9. The van der Waals surface area contributed by atoms with E-state index >= 15 is 0 Å². The number of nitrogens with zero attached hydrogens (tertiary/aromatic N) is 1. The van der Waals surface area contributed by atoms with Gasteiger partial charge in [-0.15, -0.1) is 0 Å². The Morgan fingerprint density at radius 1 is 0.765 bits per heavy atom. The second kappa shape index (κ2) is 10.6. The highest BCUT2D eigenvalue weighted by atomic mass is 19.1. The van der Waals surface area contributed by atoms with Crippen molar-refractivity contribution in [3.05, 3.63) is 113 Å². The zero-order valence-corrected chi connectivity index (χ0v) is 18.1. The smallest absolute Gasteiger partial charge is 0.307 e. The summed E-state index contributed by atoms with van der Waals surface area (Å²) < 4.78 is 41.1. The molecule has 0 atom stereocenters. The fourth-order valence-corrected chi connectivity index (χ4v) is 3.37. The Kier molecular flexibility index (Phi) is 7.13. The molecule has 172 valence electrons. The van der Waals surface area contributed by atoms with E-state index in [4.69, 9.17) is 14.6 Å². The summed E-state index contributed by atoms with van der Waals surface area (Å²) in [7, 11) is 0. The van der Waals surface area contributed by atoms with Gasteiger partial charge in [0.15, 0.2) is 0 Å². The van der Waals surface area contributed by atoms with Crippen molar-refractivity contribution >= 4 is 5.97 Å². The fraction of sp³-hybridized carbons (Fsp3) is 0.111. The minimum atomic E-state index is -1.25. The molecule has 0 aliphatic rings. The molecule has 0 saturated carbocycles. The molecule has 0 spiro atoms. The number of hydrogen-bond acceptors (Lipinski definition) is 4. The van der Waals surface area contributed by atoms with Gasteiger partial charge in [-0.2, -0.15) is 4.98 Å². The van der Waals surface area contributed by atoms with Gasteiger partial charge >= 0.3 is 5.97 Å². The lowest BCUT2D eigenvalue weighted by atomic mass is 10.0. The predicted molar refractivity (Wildman–Crippen MR) is 122 cm³/mol. The van der Waals surface area contributed by atoms with Crippen LogP contribution in [0.4, 0.5) is 8.78 Å². The van der Waals surface area contributed by atoms with Crippen LogP contribution in [0.1, 0.15) is 16.7 Å². The van der Waals surface area contributed by atoms with Gasteiger partial charge in [0.05, 0.1) is 6.42 Å². The summed E-state index contributed by atoms with van der Waals surface area (Å²) in [6.45, 7) is 0.433. The Labute approximate surface area is 195 Å². The first-order valence-corrected chi connectivity index (χ1v) is 10.5. The lowest BCUT2D eigenvalue weighted by molar-refractivity contribution is -0.136. The summed E-state index contributed by atoms with van der Waals surface area (Å²) in [6, 6.07) is 23.8. The number of carboxylic acids is 1. The van der Waals surface area contributed by atoms with Gasteiger partial charge in [-0.25, -0.2) is 8.78 Å². The van der Waals surface area contributed by atoms with E-state index in [9.17, 15) is 13.6 Å². The molecule has 1 N–H and O–H groups in total. The first-order chi connectivity index (χ1) is 16.5. The standard InChI is InChI=1S/C27H21F2NO4/c28-23-15-22(24(29)13-20(23)14-26(31)32)21-11-12-25(33-16-18-7-3-1-4-8-18)30-27(21)34-17-19-9-5-2-6-10-19/h1-13,15H,14,16-17H2,(H,31,32). The molecule has 7 heteroatoms. The van der Waals surface area contributed by atoms with Crippen molar-refractivity contribution in [3.8, 4) is 22.9 Å². The van der Waals surface area contributed by atoms with Crippen LogP contribution in [0.5, 0.6) is 11.8 Å². The zero-order chi connectivity index (χ0) is 23.9. The van der Waals surface area contributed by atoms with Crippen LogP contribution in [0.25, 0.3) is 11.1 Å². The van der Waals surface area contributed by atoms with Crippen LogP contribution in [0.3, 0.4) is 0 Å². The molecule has 1 aromatic heterocycles. The molecular formula is C27H21F2NO4. The molecule has 1 heterocycles. The number of ether oxygens (including phenoxy) is 2. The van der Waals surface area contributed by atoms with Gasteiger partial charge in [-0.3, -0.25) is 4.79 Å². The van der Waals surface area contributed by atoms with E-state index < -0.39 is 24.0 Å². The summed E-state index contributed by atoms with van der Waals surface area (Å²) in [5.74, 6) is -2.52. The van der Waals surface area contributed by atoms with Gasteiger partial charge < -0.3 is 14.6 Å². The van der Waals surface area contributed by atoms with Crippen LogP contribution in [-0.4, -0.2) is 16.1 Å². The third-order valence-corrected chi connectivity index (χ3v) is 5.05. The number of hydrogen-bond donors (Lipinski definition) is 1. The van der Waals surface area contributed by atoms with E-state index in [0.717, 1.165) is 23.3 Å². The zero-order valence-electron chi connectivity index (χ0n) is 18.1. The Hall–Kier alpha value is -4.26. The molecule has 0 amide bonds. The quantitative estimate of drug-likeness (QED) is 0.341. The average Bonchev–Trinajstić information content (AvgIpc) is 2.85. The summed E-state index contributed by atoms with van der Waals surface area (Å²) in [5, 5.41) is 8.92. The van der Waals surface area contributed by atoms with Gasteiger partial charge in [0, 0.05) is 22.8 Å². The molecule has 34 heavy (non-hydrogen) atoms. The maximum absolute atomic E-state index is 14.9. The number of benzene rings is 3. The molecule has 0 saturated heterocycles. The SMILES string of the molecule is O=C(O)Cc1cc(F)c(-c2ccc(OCc3ccccc3)nc2OCc2ccccc2)cc1F. The van der Waals surface area contributed by atoms with Gasteiger partial charge in [0.2, 0.25) is 11.8 Å². The lowest BCUT2D eigenvalue weighted by Crippen LogP contribution is -2.05. The maximum Gasteiger partial charge on any atom is 0.307 e. The van der Waals surface area contributed by atoms with Crippen molar-refractivity contribution in [1.82, 2.24) is 4.98 Å². The van der Waals surface area contributed by atoms with Crippen molar-refractivity contribution in [2.75, 3.05) is 0 Å². The third kappa shape index (κ3) is 5.75. The minimum Gasteiger partial charge on any atom is -0.481 e.